The molecule has 0 aromatic carbocycles. The van der Waals surface area contributed by atoms with E-state index in [1.165, 1.54) is 0 Å². The summed E-state index contributed by atoms with van der Waals surface area (Å²) < 4.78 is 1.93. The quantitative estimate of drug-likeness (QED) is 0.539. The van der Waals surface area contributed by atoms with E-state index in [0.717, 1.165) is 17.9 Å². The highest BCUT2D eigenvalue weighted by Crippen LogP contribution is 2.10. The van der Waals surface area contributed by atoms with Gasteiger partial charge >= 0.3 is 0 Å². The van der Waals surface area contributed by atoms with Crippen LogP contribution in [0.15, 0.2) is 24.4 Å². The van der Waals surface area contributed by atoms with Crippen LogP contribution < -0.4 is 11.2 Å². The molecule has 3 nitrogen and oxygen atoms in total. The van der Waals surface area contributed by atoms with E-state index in [1.54, 1.807) is 0 Å². The van der Waals surface area contributed by atoms with Crippen molar-refractivity contribution in [2.75, 3.05) is 12.0 Å². The fourth-order valence-electron chi connectivity index (χ4n) is 1.11. The first-order valence-electron chi connectivity index (χ1n) is 3.25. The molecule has 0 bridgehead atoms. The molecule has 1 aromatic rings. The molecule has 1 aromatic heterocycles. The summed E-state index contributed by atoms with van der Waals surface area (Å²) in [5, 5.41) is 0. The van der Waals surface area contributed by atoms with Crippen molar-refractivity contribution in [3.05, 3.63) is 30.1 Å². The van der Waals surface area contributed by atoms with Crippen LogP contribution in [-0.2, 0) is 0 Å². The molecule has 0 aliphatic carbocycles. The van der Waals surface area contributed by atoms with Crippen LogP contribution in [0, 0.1) is 0 Å². The third kappa shape index (κ3) is 0.603. The van der Waals surface area contributed by atoms with Gasteiger partial charge in [0.25, 0.3) is 0 Å². The maximum atomic E-state index is 5.69. The topological polar surface area (TPSA) is 43.0 Å². The van der Waals surface area contributed by atoms with Crippen LogP contribution in [0.25, 0.3) is 5.70 Å². The van der Waals surface area contributed by atoms with Crippen LogP contribution in [0.5, 0.6) is 0 Å². The Balaban J connectivity index is 2.55. The van der Waals surface area contributed by atoms with Crippen molar-refractivity contribution in [1.29, 1.82) is 0 Å². The number of nitrogens with two attached hydrogens (primary N) is 1. The molecular weight excluding hydrogens is 126 g/mol. The van der Waals surface area contributed by atoms with E-state index >= 15 is 0 Å². The van der Waals surface area contributed by atoms with E-state index in [4.69, 9.17) is 5.73 Å². The average Bonchev–Trinajstić information content (AvgIpc) is 2.36. The predicted molar refractivity (Wildman–Crippen MR) is 40.8 cm³/mol. The van der Waals surface area contributed by atoms with Gasteiger partial charge in [-0.2, -0.15) is 0 Å². The van der Waals surface area contributed by atoms with E-state index in [0.29, 0.717) is 0 Å². The number of rotatable bonds is 0. The zero-order valence-corrected chi connectivity index (χ0v) is 5.54. The first-order valence-corrected chi connectivity index (χ1v) is 3.25. The summed E-state index contributed by atoms with van der Waals surface area (Å²) in [5.74, 6) is 0. The molecule has 52 valence electrons. The Morgan fingerprint density at radius 2 is 2.50 bits per heavy atom. The third-order valence-corrected chi connectivity index (χ3v) is 1.63. The molecular formula is C7H9N3. The van der Waals surface area contributed by atoms with Crippen molar-refractivity contribution in [1.82, 2.24) is 4.68 Å². The zero-order chi connectivity index (χ0) is 6.97. The van der Waals surface area contributed by atoms with Crippen LogP contribution in [0.3, 0.4) is 0 Å². The minimum absolute atomic E-state index is 0.813. The largest absolute Gasteiger partial charge is 0.397 e. The first-order chi connectivity index (χ1) is 4.88. The maximum absolute atomic E-state index is 5.69. The van der Waals surface area contributed by atoms with Gasteiger partial charge in [0.1, 0.15) is 0 Å². The Kier molecular flexibility index (Phi) is 0.974. The summed E-state index contributed by atoms with van der Waals surface area (Å²) in [6, 6.07) is 3.95. The number of hydrogen-bond donors (Lipinski definition) is 2. The van der Waals surface area contributed by atoms with Gasteiger partial charge in [-0.1, -0.05) is 0 Å². The summed E-state index contributed by atoms with van der Waals surface area (Å²) in [4.78, 5) is 0. The van der Waals surface area contributed by atoms with Crippen molar-refractivity contribution >= 4 is 5.70 Å². The van der Waals surface area contributed by atoms with Crippen molar-refractivity contribution in [3.8, 4) is 0 Å². The highest BCUT2D eigenvalue weighted by molar-refractivity contribution is 5.62. The van der Waals surface area contributed by atoms with Gasteiger partial charge in [-0.05, 0) is 18.2 Å². The third-order valence-electron chi connectivity index (χ3n) is 1.63. The van der Waals surface area contributed by atoms with Gasteiger partial charge in [0.15, 0.2) is 0 Å². The second-order valence-corrected chi connectivity index (χ2v) is 2.29. The number of nitrogens with zero attached hydrogens (tertiary/aromatic N) is 1. The van der Waals surface area contributed by atoms with Crippen LogP contribution in [-0.4, -0.2) is 11.2 Å². The highest BCUT2D eigenvalue weighted by atomic mass is 15.4. The molecule has 0 radical (unpaired) electrons. The van der Waals surface area contributed by atoms with E-state index in [2.05, 4.69) is 5.43 Å². The number of nitrogens with one attached hydrogen (secondary N) is 1. The van der Waals surface area contributed by atoms with Gasteiger partial charge < -0.3 is 11.2 Å². The van der Waals surface area contributed by atoms with E-state index in [1.807, 2.05) is 29.1 Å². The molecule has 0 atom stereocenters. The Morgan fingerprint density at radius 3 is 3.30 bits per heavy atom. The average molecular weight is 135 g/mol. The van der Waals surface area contributed by atoms with E-state index in [-0.39, 0.29) is 0 Å². The summed E-state index contributed by atoms with van der Waals surface area (Å²) in [6.45, 7) is 0.813. The number of aromatic nitrogens is 1. The molecule has 0 fully saturated rings. The fourth-order valence-corrected chi connectivity index (χ4v) is 1.11. The molecule has 0 saturated carbocycles. The van der Waals surface area contributed by atoms with E-state index in [9.17, 15) is 0 Å². The molecule has 0 spiro atoms. The molecule has 0 saturated heterocycles. The van der Waals surface area contributed by atoms with Crippen molar-refractivity contribution in [2.24, 2.45) is 5.73 Å². The molecule has 2 rings (SSSR count). The predicted octanol–water partition coefficient (Wildman–Crippen LogP) is 0.345. The lowest BCUT2D eigenvalue weighted by atomic mass is 10.3. The van der Waals surface area contributed by atoms with Gasteiger partial charge in [-0.3, -0.25) is 4.68 Å². The SMILES string of the molecule is NC1=CCNn2cccc21. The van der Waals surface area contributed by atoms with E-state index < -0.39 is 0 Å². The summed E-state index contributed by atoms with van der Waals surface area (Å²) in [5.41, 5.74) is 10.7. The normalized spacial score (nSPS) is 15.4. The van der Waals surface area contributed by atoms with Gasteiger partial charge in [0, 0.05) is 6.20 Å². The molecule has 3 N–H and O–H groups in total. The van der Waals surface area contributed by atoms with Gasteiger partial charge in [-0.15, -0.1) is 0 Å². The Morgan fingerprint density at radius 1 is 1.60 bits per heavy atom. The molecule has 0 amide bonds. The summed E-state index contributed by atoms with van der Waals surface area (Å²) in [6.07, 6.45) is 3.92. The highest BCUT2D eigenvalue weighted by Gasteiger charge is 2.05. The lowest BCUT2D eigenvalue weighted by molar-refractivity contribution is 0.862. The van der Waals surface area contributed by atoms with Gasteiger partial charge in [0.2, 0.25) is 0 Å². The Labute approximate surface area is 59.1 Å². The van der Waals surface area contributed by atoms with Crippen molar-refractivity contribution in [2.45, 2.75) is 0 Å². The summed E-state index contributed by atoms with van der Waals surface area (Å²) >= 11 is 0. The summed E-state index contributed by atoms with van der Waals surface area (Å²) in [7, 11) is 0. The molecule has 1 aliphatic heterocycles. The lowest BCUT2D eigenvalue weighted by Gasteiger charge is -2.15. The minimum Gasteiger partial charge on any atom is -0.397 e. The molecule has 3 heteroatoms. The standard InChI is InChI=1S/C7H9N3/c8-6-3-4-9-10-5-1-2-7(6)10/h1-3,5,9H,4,8H2. The molecule has 0 unspecified atom stereocenters. The van der Waals surface area contributed by atoms with Crippen molar-refractivity contribution in [3.63, 3.8) is 0 Å². The van der Waals surface area contributed by atoms with Crippen LogP contribution in [0.4, 0.5) is 0 Å². The lowest BCUT2D eigenvalue weighted by Crippen LogP contribution is -2.22. The van der Waals surface area contributed by atoms with Crippen LogP contribution in [0.2, 0.25) is 0 Å². The number of fused-ring (bicyclic) bond motifs is 1. The molecule has 2 heterocycles. The van der Waals surface area contributed by atoms with Gasteiger partial charge in [0.05, 0.1) is 17.9 Å². The monoisotopic (exact) mass is 135 g/mol. The molecule has 10 heavy (non-hydrogen) atoms. The minimum atomic E-state index is 0.813. The second kappa shape index (κ2) is 1.80. The maximum Gasteiger partial charge on any atom is 0.0846 e. The van der Waals surface area contributed by atoms with Crippen LogP contribution in [0.1, 0.15) is 5.69 Å². The number of hydrogen-bond acceptors (Lipinski definition) is 2. The second-order valence-electron chi connectivity index (χ2n) is 2.29. The Hall–Kier alpha value is -1.38. The zero-order valence-electron chi connectivity index (χ0n) is 5.54. The van der Waals surface area contributed by atoms with Gasteiger partial charge in [-0.25, -0.2) is 0 Å². The van der Waals surface area contributed by atoms with Crippen LogP contribution >= 0.6 is 0 Å². The smallest absolute Gasteiger partial charge is 0.0846 e. The van der Waals surface area contributed by atoms with Crippen molar-refractivity contribution < 1.29 is 0 Å². The molecule has 1 aliphatic rings. The fraction of sp³-hybridized carbons (Fsp3) is 0.143. The first kappa shape index (κ1) is 5.41. The Bertz CT molecular complexity index is 272.